The lowest BCUT2D eigenvalue weighted by atomic mass is 10.2. The Kier molecular flexibility index (Phi) is 1.99. The summed E-state index contributed by atoms with van der Waals surface area (Å²) in [4.78, 5) is 13.2. The Bertz CT molecular complexity index is 431. The van der Waals surface area contributed by atoms with Crippen LogP contribution in [0.25, 0.3) is 10.9 Å². The highest BCUT2D eigenvalue weighted by Gasteiger charge is 1.96. The van der Waals surface area contributed by atoms with Gasteiger partial charge in [0.15, 0.2) is 0 Å². The van der Waals surface area contributed by atoms with Crippen LogP contribution in [-0.2, 0) is 11.2 Å². The van der Waals surface area contributed by atoms with Crippen molar-refractivity contribution in [3.8, 4) is 0 Å². The fourth-order valence-corrected chi connectivity index (χ4v) is 1.40. The zero-order valence-electron chi connectivity index (χ0n) is 7.08. The molecule has 0 unspecified atom stereocenters. The first-order valence-electron chi connectivity index (χ1n) is 4.16. The largest absolute Gasteiger partial charge is 0.358 e. The number of allylic oxidation sites excluding steroid dienone is 1. The van der Waals surface area contributed by atoms with Gasteiger partial charge in [0.05, 0.1) is 0 Å². The zero-order chi connectivity index (χ0) is 9.10. The number of nitrogens with one attached hydrogen (secondary N) is 1. The summed E-state index contributed by atoms with van der Waals surface area (Å²) in [5.41, 5.74) is 2.15. The van der Waals surface area contributed by atoms with Crippen molar-refractivity contribution in [3.63, 3.8) is 0 Å². The van der Waals surface area contributed by atoms with Crippen LogP contribution in [0, 0.1) is 0 Å². The van der Waals surface area contributed by atoms with Gasteiger partial charge in [0.1, 0.15) is 5.94 Å². The predicted molar refractivity (Wildman–Crippen MR) is 52.3 cm³/mol. The van der Waals surface area contributed by atoms with Gasteiger partial charge in [-0.05, 0) is 17.5 Å². The first-order chi connectivity index (χ1) is 6.40. The van der Waals surface area contributed by atoms with Gasteiger partial charge >= 0.3 is 0 Å². The molecular formula is C11H9NO. The molecule has 0 radical (unpaired) electrons. The van der Waals surface area contributed by atoms with Crippen LogP contribution < -0.4 is 0 Å². The van der Waals surface area contributed by atoms with Crippen molar-refractivity contribution in [3.05, 3.63) is 42.1 Å². The SMILES string of the molecule is O=C=CCc1cc2ccccc2[nH]1. The first kappa shape index (κ1) is 7.84. The van der Waals surface area contributed by atoms with Crippen LogP contribution in [0.1, 0.15) is 5.69 Å². The summed E-state index contributed by atoms with van der Waals surface area (Å²) in [5.74, 6) is 1.77. The van der Waals surface area contributed by atoms with E-state index in [1.54, 1.807) is 5.94 Å². The van der Waals surface area contributed by atoms with Crippen molar-refractivity contribution in [1.29, 1.82) is 0 Å². The van der Waals surface area contributed by atoms with Crippen LogP contribution in [0.3, 0.4) is 0 Å². The van der Waals surface area contributed by atoms with Crippen LogP contribution >= 0.6 is 0 Å². The zero-order valence-corrected chi connectivity index (χ0v) is 7.08. The normalized spacial score (nSPS) is 9.85. The van der Waals surface area contributed by atoms with E-state index in [1.807, 2.05) is 30.3 Å². The topological polar surface area (TPSA) is 32.9 Å². The molecule has 1 aromatic heterocycles. The van der Waals surface area contributed by atoms with Gasteiger partial charge in [-0.3, -0.25) is 0 Å². The molecule has 2 aromatic rings. The molecule has 0 fully saturated rings. The second-order valence-electron chi connectivity index (χ2n) is 2.91. The average Bonchev–Trinajstić information content (AvgIpc) is 2.57. The number of hydrogen-bond donors (Lipinski definition) is 1. The van der Waals surface area contributed by atoms with Crippen molar-refractivity contribution < 1.29 is 4.79 Å². The minimum Gasteiger partial charge on any atom is -0.358 e. The molecule has 1 N–H and O–H groups in total. The fraction of sp³-hybridized carbons (Fsp3) is 0.0909. The van der Waals surface area contributed by atoms with E-state index in [2.05, 4.69) is 4.98 Å². The monoisotopic (exact) mass is 171 g/mol. The third-order valence-electron chi connectivity index (χ3n) is 1.99. The lowest BCUT2D eigenvalue weighted by Crippen LogP contribution is -1.78. The van der Waals surface area contributed by atoms with Crippen molar-refractivity contribution >= 4 is 16.8 Å². The molecule has 0 saturated heterocycles. The Morgan fingerprint density at radius 3 is 3.00 bits per heavy atom. The number of hydrogen-bond acceptors (Lipinski definition) is 1. The summed E-state index contributed by atoms with van der Waals surface area (Å²) < 4.78 is 0. The Labute approximate surface area is 75.9 Å². The Morgan fingerprint density at radius 2 is 2.23 bits per heavy atom. The Hall–Kier alpha value is -1.79. The number of fused-ring (bicyclic) bond motifs is 1. The van der Waals surface area contributed by atoms with E-state index in [1.165, 1.54) is 11.5 Å². The van der Waals surface area contributed by atoms with Crippen molar-refractivity contribution in [2.45, 2.75) is 6.42 Å². The molecule has 0 bridgehead atoms. The van der Waals surface area contributed by atoms with Gasteiger partial charge in [-0.2, -0.15) is 0 Å². The van der Waals surface area contributed by atoms with E-state index in [0.717, 1.165) is 11.2 Å². The predicted octanol–water partition coefficient (Wildman–Crippen LogP) is 2.10. The molecule has 0 aliphatic rings. The second-order valence-corrected chi connectivity index (χ2v) is 2.91. The highest BCUT2D eigenvalue weighted by molar-refractivity contribution is 5.80. The third kappa shape index (κ3) is 1.53. The molecule has 0 spiro atoms. The number of H-pyrrole nitrogens is 1. The van der Waals surface area contributed by atoms with Crippen LogP contribution in [0.5, 0.6) is 0 Å². The Balaban J connectivity index is 2.43. The quantitative estimate of drug-likeness (QED) is 0.689. The van der Waals surface area contributed by atoms with Crippen LogP contribution in [0.2, 0.25) is 0 Å². The van der Waals surface area contributed by atoms with Gasteiger partial charge < -0.3 is 4.98 Å². The van der Waals surface area contributed by atoms with E-state index in [0.29, 0.717) is 6.42 Å². The first-order valence-corrected chi connectivity index (χ1v) is 4.16. The lowest BCUT2D eigenvalue weighted by molar-refractivity contribution is 0.568. The summed E-state index contributed by atoms with van der Waals surface area (Å²) in [5, 5.41) is 1.18. The maximum Gasteiger partial charge on any atom is 0.120 e. The van der Waals surface area contributed by atoms with Gasteiger partial charge in [-0.25, -0.2) is 4.79 Å². The highest BCUT2D eigenvalue weighted by Crippen LogP contribution is 2.14. The number of aromatic nitrogens is 1. The van der Waals surface area contributed by atoms with Gasteiger partial charge in [-0.15, -0.1) is 0 Å². The standard InChI is InChI=1S/C11H9NO/c13-7-3-5-10-8-9-4-1-2-6-11(9)12-10/h1-4,6,8,12H,5H2. The van der Waals surface area contributed by atoms with Crippen molar-refractivity contribution in [2.75, 3.05) is 0 Å². The highest BCUT2D eigenvalue weighted by atomic mass is 16.1. The summed E-state index contributed by atoms with van der Waals surface area (Å²) in [6, 6.07) is 10.1. The molecule has 0 atom stereocenters. The van der Waals surface area contributed by atoms with E-state index >= 15 is 0 Å². The molecule has 0 saturated carbocycles. The number of benzene rings is 1. The second kappa shape index (κ2) is 3.30. The van der Waals surface area contributed by atoms with Crippen molar-refractivity contribution in [1.82, 2.24) is 4.98 Å². The smallest absolute Gasteiger partial charge is 0.120 e. The maximum atomic E-state index is 10.00. The van der Waals surface area contributed by atoms with Gasteiger partial charge in [0.2, 0.25) is 0 Å². The maximum absolute atomic E-state index is 10.00. The molecule has 13 heavy (non-hydrogen) atoms. The summed E-state index contributed by atoms with van der Waals surface area (Å²) in [7, 11) is 0. The number of carbonyl (C=O) groups excluding carboxylic acids is 1. The number of aromatic amines is 1. The molecule has 2 rings (SSSR count). The van der Waals surface area contributed by atoms with Crippen LogP contribution in [0.15, 0.2) is 36.4 Å². The van der Waals surface area contributed by atoms with Crippen molar-refractivity contribution in [2.24, 2.45) is 0 Å². The molecule has 2 heteroatoms. The lowest BCUT2D eigenvalue weighted by Gasteiger charge is -1.85. The average molecular weight is 171 g/mol. The fourth-order valence-electron chi connectivity index (χ4n) is 1.40. The van der Waals surface area contributed by atoms with Gasteiger partial charge in [-0.1, -0.05) is 18.2 Å². The molecule has 1 heterocycles. The van der Waals surface area contributed by atoms with E-state index in [9.17, 15) is 4.79 Å². The molecule has 0 aliphatic carbocycles. The van der Waals surface area contributed by atoms with E-state index < -0.39 is 0 Å². The summed E-state index contributed by atoms with van der Waals surface area (Å²) in [6.07, 6.45) is 2.10. The van der Waals surface area contributed by atoms with E-state index in [4.69, 9.17) is 0 Å². The summed E-state index contributed by atoms with van der Waals surface area (Å²) in [6.45, 7) is 0. The van der Waals surface area contributed by atoms with E-state index in [-0.39, 0.29) is 0 Å². The van der Waals surface area contributed by atoms with Crippen LogP contribution in [-0.4, -0.2) is 10.9 Å². The number of rotatable bonds is 2. The van der Waals surface area contributed by atoms with Gasteiger partial charge in [0, 0.05) is 23.7 Å². The third-order valence-corrected chi connectivity index (χ3v) is 1.99. The number of para-hydroxylation sites is 1. The molecule has 0 amide bonds. The molecular weight excluding hydrogens is 162 g/mol. The summed E-state index contributed by atoms with van der Waals surface area (Å²) >= 11 is 0. The molecule has 2 nitrogen and oxygen atoms in total. The Morgan fingerprint density at radius 1 is 1.38 bits per heavy atom. The minimum absolute atomic E-state index is 0.623. The molecule has 0 aliphatic heterocycles. The van der Waals surface area contributed by atoms with Crippen LogP contribution in [0.4, 0.5) is 0 Å². The minimum atomic E-state index is 0.623. The molecule has 1 aromatic carbocycles. The molecule has 64 valence electrons. The van der Waals surface area contributed by atoms with Gasteiger partial charge in [0.25, 0.3) is 0 Å².